The van der Waals surface area contributed by atoms with Crippen LogP contribution in [0.3, 0.4) is 0 Å². The number of nitrogens with zero attached hydrogens (tertiary/aromatic N) is 1. The Balaban J connectivity index is 1.82. The van der Waals surface area contributed by atoms with E-state index in [1.54, 1.807) is 18.2 Å². The van der Waals surface area contributed by atoms with Crippen LogP contribution >= 0.6 is 23.2 Å². The van der Waals surface area contributed by atoms with Crippen LogP contribution in [-0.2, 0) is 14.8 Å². The van der Waals surface area contributed by atoms with Gasteiger partial charge in [0.05, 0.1) is 15.6 Å². The second-order valence-electron chi connectivity index (χ2n) is 6.02. The molecule has 7 nitrogen and oxygen atoms in total. The predicted octanol–water partition coefficient (Wildman–Crippen LogP) is 4.45. The van der Waals surface area contributed by atoms with E-state index < -0.39 is 15.9 Å². The van der Waals surface area contributed by atoms with Crippen LogP contribution in [0.15, 0.2) is 69.5 Å². The van der Waals surface area contributed by atoms with Crippen molar-refractivity contribution in [3.05, 3.63) is 76.0 Å². The topological polar surface area (TPSA) is 126 Å². The summed E-state index contributed by atoms with van der Waals surface area (Å²) in [6.07, 6.45) is 1.27. The quantitative estimate of drug-likeness (QED) is 0.428. The van der Waals surface area contributed by atoms with Crippen molar-refractivity contribution in [3.8, 4) is 17.4 Å². The van der Waals surface area contributed by atoms with Crippen molar-refractivity contribution < 1.29 is 17.6 Å². The molecule has 0 saturated heterocycles. The van der Waals surface area contributed by atoms with Gasteiger partial charge in [0.15, 0.2) is 0 Å². The maximum absolute atomic E-state index is 12.4. The average molecular weight is 462 g/mol. The molecule has 0 atom stereocenters. The van der Waals surface area contributed by atoms with E-state index in [0.717, 1.165) is 0 Å². The largest absolute Gasteiger partial charge is 0.457 e. The number of nitrogens with one attached hydrogen (secondary N) is 1. The lowest BCUT2D eigenvalue weighted by atomic mass is 10.2. The number of nitriles is 1. The second kappa shape index (κ2) is 8.73. The number of hydrogen-bond donors (Lipinski definition) is 2. The number of furan rings is 1. The zero-order valence-electron chi connectivity index (χ0n) is 15.1. The molecule has 0 spiro atoms. The van der Waals surface area contributed by atoms with Crippen LogP contribution in [0.4, 0.5) is 5.69 Å². The number of sulfonamides is 1. The lowest BCUT2D eigenvalue weighted by Crippen LogP contribution is -2.13. The first-order valence-corrected chi connectivity index (χ1v) is 10.6. The van der Waals surface area contributed by atoms with Crippen molar-refractivity contribution in [2.24, 2.45) is 5.14 Å². The average Bonchev–Trinajstić information content (AvgIpc) is 3.17. The molecule has 0 radical (unpaired) electrons. The van der Waals surface area contributed by atoms with Gasteiger partial charge in [0, 0.05) is 16.7 Å². The smallest absolute Gasteiger partial charge is 0.266 e. The second-order valence-corrected chi connectivity index (χ2v) is 8.42. The molecule has 3 N–H and O–H groups in total. The zero-order chi connectivity index (χ0) is 21.9. The highest BCUT2D eigenvalue weighted by Gasteiger charge is 2.14. The monoisotopic (exact) mass is 461 g/mol. The van der Waals surface area contributed by atoms with Gasteiger partial charge in [-0.05, 0) is 54.6 Å². The van der Waals surface area contributed by atoms with Gasteiger partial charge in [0.25, 0.3) is 5.91 Å². The maximum Gasteiger partial charge on any atom is 0.266 e. The summed E-state index contributed by atoms with van der Waals surface area (Å²) in [5.74, 6) is -0.0145. The fraction of sp³-hybridized carbons (Fsp3) is 0. The normalized spacial score (nSPS) is 11.7. The predicted molar refractivity (Wildman–Crippen MR) is 114 cm³/mol. The molecular weight excluding hydrogens is 449 g/mol. The third-order valence-corrected chi connectivity index (χ3v) is 5.42. The Bertz CT molecular complexity index is 1290. The number of halogens is 2. The number of primary sulfonamides is 1. The lowest BCUT2D eigenvalue weighted by Gasteiger charge is -2.06. The standard InChI is InChI=1S/C20H13Cl2N3O4S/c21-14-3-7-17(22)18(10-14)25-20(26)13(11-23)9-15-4-8-19(29-15)12-1-5-16(6-2-12)30(24,27)28/h1-10H,(H,25,26)(H2,24,27,28)/b13-9-. The molecule has 10 heteroatoms. The third kappa shape index (κ3) is 5.09. The molecule has 0 aliphatic rings. The summed E-state index contributed by atoms with van der Waals surface area (Å²) >= 11 is 11.9. The third-order valence-electron chi connectivity index (χ3n) is 3.92. The molecule has 0 fully saturated rings. The van der Waals surface area contributed by atoms with Gasteiger partial charge in [-0.25, -0.2) is 13.6 Å². The number of carbonyl (C=O) groups excluding carboxylic acids is 1. The first-order chi connectivity index (χ1) is 14.2. The molecule has 3 rings (SSSR count). The number of benzene rings is 2. The first kappa shape index (κ1) is 21.6. The summed E-state index contributed by atoms with van der Waals surface area (Å²) in [6.45, 7) is 0. The number of nitrogens with two attached hydrogens (primary N) is 1. The minimum Gasteiger partial charge on any atom is -0.457 e. The SMILES string of the molecule is N#C/C(=C/c1ccc(-c2ccc(S(N)(=O)=O)cc2)o1)C(=O)Nc1cc(Cl)ccc1Cl. The maximum atomic E-state index is 12.4. The molecule has 1 aromatic heterocycles. The van der Waals surface area contributed by atoms with Gasteiger partial charge in [0.2, 0.25) is 10.0 Å². The van der Waals surface area contributed by atoms with Gasteiger partial charge in [-0.3, -0.25) is 4.79 Å². The van der Waals surface area contributed by atoms with E-state index in [1.807, 2.05) is 6.07 Å². The van der Waals surface area contributed by atoms with Gasteiger partial charge in [-0.2, -0.15) is 5.26 Å². The number of amides is 1. The summed E-state index contributed by atoms with van der Waals surface area (Å²) in [5, 5.41) is 17.6. The van der Waals surface area contributed by atoms with Gasteiger partial charge >= 0.3 is 0 Å². The van der Waals surface area contributed by atoms with Gasteiger partial charge < -0.3 is 9.73 Å². The first-order valence-electron chi connectivity index (χ1n) is 8.28. The van der Waals surface area contributed by atoms with Gasteiger partial charge in [-0.1, -0.05) is 23.2 Å². The Morgan fingerprint density at radius 3 is 2.43 bits per heavy atom. The number of hydrogen-bond acceptors (Lipinski definition) is 5. The Hall–Kier alpha value is -3.09. The van der Waals surface area contributed by atoms with Crippen LogP contribution in [0, 0.1) is 11.3 Å². The van der Waals surface area contributed by atoms with E-state index in [4.69, 9.17) is 32.8 Å². The molecule has 1 heterocycles. The summed E-state index contributed by atoms with van der Waals surface area (Å²) in [6, 6.07) is 15.3. The molecule has 152 valence electrons. The van der Waals surface area contributed by atoms with Gasteiger partial charge in [0.1, 0.15) is 23.2 Å². The minimum atomic E-state index is -3.80. The van der Waals surface area contributed by atoms with Crippen LogP contribution in [0.2, 0.25) is 10.0 Å². The summed E-state index contributed by atoms with van der Waals surface area (Å²) in [7, 11) is -3.80. The molecule has 3 aromatic rings. The molecule has 0 bridgehead atoms. The van der Waals surface area contributed by atoms with Crippen molar-refractivity contribution in [2.45, 2.75) is 4.90 Å². The van der Waals surface area contributed by atoms with Crippen molar-refractivity contribution in [1.82, 2.24) is 0 Å². The van der Waals surface area contributed by atoms with E-state index >= 15 is 0 Å². The molecular formula is C20H13Cl2N3O4S. The van der Waals surface area contributed by atoms with Gasteiger partial charge in [-0.15, -0.1) is 0 Å². The highest BCUT2D eigenvalue weighted by molar-refractivity contribution is 7.89. The Morgan fingerprint density at radius 2 is 1.80 bits per heavy atom. The van der Waals surface area contributed by atoms with Crippen molar-refractivity contribution >= 4 is 50.9 Å². The van der Waals surface area contributed by atoms with Crippen molar-refractivity contribution in [2.75, 3.05) is 5.32 Å². The molecule has 0 aliphatic carbocycles. The lowest BCUT2D eigenvalue weighted by molar-refractivity contribution is -0.112. The summed E-state index contributed by atoms with van der Waals surface area (Å²) in [4.78, 5) is 12.4. The minimum absolute atomic E-state index is 0.0268. The number of carbonyl (C=O) groups is 1. The Kier molecular flexibility index (Phi) is 6.29. The number of anilines is 1. The highest BCUT2D eigenvalue weighted by Crippen LogP contribution is 2.27. The molecule has 0 unspecified atom stereocenters. The Morgan fingerprint density at radius 1 is 1.10 bits per heavy atom. The van der Waals surface area contributed by atoms with E-state index in [-0.39, 0.29) is 26.9 Å². The van der Waals surface area contributed by atoms with E-state index in [9.17, 15) is 18.5 Å². The van der Waals surface area contributed by atoms with E-state index in [0.29, 0.717) is 16.3 Å². The van der Waals surface area contributed by atoms with Crippen LogP contribution in [0.25, 0.3) is 17.4 Å². The molecule has 0 aliphatic heterocycles. The molecule has 1 amide bonds. The van der Waals surface area contributed by atoms with Crippen molar-refractivity contribution in [1.29, 1.82) is 5.26 Å². The van der Waals surface area contributed by atoms with E-state index in [2.05, 4.69) is 5.32 Å². The zero-order valence-corrected chi connectivity index (χ0v) is 17.4. The number of rotatable bonds is 5. The van der Waals surface area contributed by atoms with E-state index in [1.165, 1.54) is 42.5 Å². The molecule has 0 saturated carbocycles. The Labute approximate surface area is 182 Å². The summed E-state index contributed by atoms with van der Waals surface area (Å²) < 4.78 is 28.3. The van der Waals surface area contributed by atoms with Crippen LogP contribution < -0.4 is 10.5 Å². The fourth-order valence-corrected chi connectivity index (χ4v) is 3.32. The highest BCUT2D eigenvalue weighted by atomic mass is 35.5. The fourth-order valence-electron chi connectivity index (χ4n) is 2.47. The van der Waals surface area contributed by atoms with Crippen LogP contribution in [0.5, 0.6) is 0 Å². The van der Waals surface area contributed by atoms with Crippen LogP contribution in [0.1, 0.15) is 5.76 Å². The molecule has 30 heavy (non-hydrogen) atoms. The molecule has 2 aromatic carbocycles. The van der Waals surface area contributed by atoms with Crippen LogP contribution in [-0.4, -0.2) is 14.3 Å². The summed E-state index contributed by atoms with van der Waals surface area (Å²) in [5.41, 5.74) is 0.651. The van der Waals surface area contributed by atoms with Crippen molar-refractivity contribution in [3.63, 3.8) is 0 Å².